The van der Waals surface area contributed by atoms with Crippen LogP contribution in [0.2, 0.25) is 0 Å². The minimum Gasteiger partial charge on any atom is -0.324 e. The van der Waals surface area contributed by atoms with E-state index in [2.05, 4.69) is 12.2 Å². The Kier molecular flexibility index (Phi) is 4.44. The lowest BCUT2D eigenvalue weighted by molar-refractivity contribution is -0.132. The van der Waals surface area contributed by atoms with Crippen LogP contribution < -0.4 is 5.32 Å². The zero-order valence-electron chi connectivity index (χ0n) is 16.4. The third-order valence-electron chi connectivity index (χ3n) is 6.51. The molecule has 1 saturated heterocycles. The Hall–Kier alpha value is -2.37. The summed E-state index contributed by atoms with van der Waals surface area (Å²) in [4.78, 5) is 34.6. The van der Waals surface area contributed by atoms with Crippen LogP contribution in [0.5, 0.6) is 0 Å². The van der Waals surface area contributed by atoms with Crippen molar-refractivity contribution in [2.45, 2.75) is 45.6 Å². The number of nitrogens with one attached hydrogen (secondary N) is 1. The molecule has 1 aromatic carbocycles. The highest BCUT2D eigenvalue weighted by atomic mass is 16.2. The fourth-order valence-corrected chi connectivity index (χ4v) is 5.06. The number of rotatable bonds is 3. The number of amidine groups is 1. The minimum absolute atomic E-state index is 0.0775. The maximum Gasteiger partial charge on any atom is 0.321 e. The molecule has 1 N–H and O–H groups in total. The fourth-order valence-electron chi connectivity index (χ4n) is 5.06. The molecule has 3 aliphatic rings. The van der Waals surface area contributed by atoms with E-state index in [1.165, 1.54) is 0 Å². The highest BCUT2D eigenvalue weighted by Crippen LogP contribution is 2.50. The van der Waals surface area contributed by atoms with Gasteiger partial charge in [0, 0.05) is 37.7 Å². The molecular formula is C21H28N4O2. The van der Waals surface area contributed by atoms with E-state index in [4.69, 9.17) is 4.99 Å². The van der Waals surface area contributed by atoms with Crippen molar-refractivity contribution in [1.29, 1.82) is 0 Å². The monoisotopic (exact) mass is 368 g/mol. The first-order valence-corrected chi connectivity index (χ1v) is 10.0. The van der Waals surface area contributed by atoms with Crippen LogP contribution in [0.4, 0.5) is 10.5 Å². The van der Waals surface area contributed by atoms with Crippen molar-refractivity contribution < 1.29 is 9.59 Å². The van der Waals surface area contributed by atoms with Crippen molar-refractivity contribution in [3.63, 3.8) is 0 Å². The van der Waals surface area contributed by atoms with Crippen LogP contribution in [0.3, 0.4) is 0 Å². The van der Waals surface area contributed by atoms with E-state index in [0.717, 1.165) is 36.3 Å². The van der Waals surface area contributed by atoms with Crippen molar-refractivity contribution in [3.05, 3.63) is 29.8 Å². The normalized spacial score (nSPS) is 29.4. The molecule has 3 amide bonds. The van der Waals surface area contributed by atoms with Gasteiger partial charge >= 0.3 is 6.03 Å². The molecule has 0 aromatic heterocycles. The quantitative estimate of drug-likeness (QED) is 0.890. The van der Waals surface area contributed by atoms with Gasteiger partial charge < -0.3 is 10.2 Å². The van der Waals surface area contributed by atoms with Crippen molar-refractivity contribution in [2.75, 3.05) is 25.0 Å². The minimum atomic E-state index is -0.635. The lowest BCUT2D eigenvalue weighted by Crippen LogP contribution is -2.47. The number of para-hydroxylation sites is 1. The second kappa shape index (κ2) is 6.66. The Bertz CT molecular complexity index is 805. The number of nitrogens with zero attached hydrogens (tertiary/aromatic N) is 3. The van der Waals surface area contributed by atoms with Crippen LogP contribution >= 0.6 is 0 Å². The van der Waals surface area contributed by atoms with Crippen molar-refractivity contribution in [1.82, 2.24) is 9.80 Å². The third-order valence-corrected chi connectivity index (χ3v) is 6.51. The summed E-state index contributed by atoms with van der Waals surface area (Å²) in [6.07, 6.45) is 2.55. The number of fused-ring (bicyclic) bond motifs is 2. The molecule has 1 aromatic rings. The number of amides is 3. The summed E-state index contributed by atoms with van der Waals surface area (Å²) in [5.41, 5.74) is 1.25. The highest BCUT2D eigenvalue weighted by molar-refractivity contribution is 6.08. The van der Waals surface area contributed by atoms with Gasteiger partial charge in [-0.05, 0) is 44.2 Å². The average Bonchev–Trinajstić information content (AvgIpc) is 3.31. The molecule has 2 heterocycles. The largest absolute Gasteiger partial charge is 0.324 e. The molecule has 2 aliphatic heterocycles. The maximum atomic E-state index is 13.2. The van der Waals surface area contributed by atoms with Gasteiger partial charge in [0.1, 0.15) is 11.4 Å². The van der Waals surface area contributed by atoms with Gasteiger partial charge in [0.15, 0.2) is 0 Å². The predicted octanol–water partition coefficient (Wildman–Crippen LogP) is 3.28. The number of carbonyl (C=O) groups is 2. The van der Waals surface area contributed by atoms with Gasteiger partial charge in [-0.25, -0.2) is 4.79 Å². The first-order valence-electron chi connectivity index (χ1n) is 10.0. The standard InChI is InChI=1S/C21H28N4O2/c1-4-18-23-21(19(26)25(18)5-2)11-10-15-12-24(13-16(15)21)20(27)22-17-9-7-6-8-14(17)3/h6-9,15-16H,4-5,10-13H2,1-3H3,(H,22,27)/t15-,16+,21-/m1/s1. The van der Waals surface area contributed by atoms with Crippen LogP contribution in [-0.4, -0.2) is 52.7 Å². The molecule has 3 atom stereocenters. The number of likely N-dealkylation sites (N-methyl/N-ethyl adjacent to an activating group) is 1. The molecule has 1 saturated carbocycles. The SMILES string of the molecule is CCC1=N[C@@]2(CC[C@@H]3CN(C(=O)Nc4ccccc4C)C[C@@H]32)C(=O)N1CC. The number of hydrogen-bond acceptors (Lipinski definition) is 3. The Balaban J connectivity index is 1.52. The van der Waals surface area contributed by atoms with E-state index < -0.39 is 5.54 Å². The summed E-state index contributed by atoms with van der Waals surface area (Å²) >= 11 is 0. The zero-order chi connectivity index (χ0) is 19.2. The number of benzene rings is 1. The number of anilines is 1. The van der Waals surface area contributed by atoms with E-state index >= 15 is 0 Å². The second-order valence-electron chi connectivity index (χ2n) is 7.91. The van der Waals surface area contributed by atoms with Crippen LogP contribution in [0.25, 0.3) is 0 Å². The summed E-state index contributed by atoms with van der Waals surface area (Å²) in [5.74, 6) is 1.54. The van der Waals surface area contributed by atoms with Crippen LogP contribution in [-0.2, 0) is 4.79 Å². The highest BCUT2D eigenvalue weighted by Gasteiger charge is 2.61. The summed E-state index contributed by atoms with van der Waals surface area (Å²) in [5, 5.41) is 3.03. The predicted molar refractivity (Wildman–Crippen MR) is 106 cm³/mol. The summed E-state index contributed by atoms with van der Waals surface area (Å²) in [7, 11) is 0. The van der Waals surface area contributed by atoms with Crippen LogP contribution in [0.1, 0.15) is 38.7 Å². The van der Waals surface area contributed by atoms with E-state index in [0.29, 0.717) is 25.6 Å². The molecule has 1 spiro atoms. The molecule has 0 radical (unpaired) electrons. The van der Waals surface area contributed by atoms with Crippen molar-refractivity contribution >= 4 is 23.5 Å². The molecule has 6 nitrogen and oxygen atoms in total. The molecule has 2 fully saturated rings. The smallest absolute Gasteiger partial charge is 0.321 e. The van der Waals surface area contributed by atoms with E-state index in [1.807, 2.05) is 47.9 Å². The number of aryl methyl sites for hydroxylation is 1. The van der Waals surface area contributed by atoms with Crippen LogP contribution in [0.15, 0.2) is 29.3 Å². The Morgan fingerprint density at radius 2 is 2.07 bits per heavy atom. The number of carbonyl (C=O) groups excluding carboxylic acids is 2. The number of hydrogen-bond donors (Lipinski definition) is 1. The van der Waals surface area contributed by atoms with Gasteiger partial charge in [-0.15, -0.1) is 0 Å². The first kappa shape index (κ1) is 18.0. The number of likely N-dealkylation sites (tertiary alicyclic amines) is 1. The average molecular weight is 368 g/mol. The van der Waals surface area contributed by atoms with Gasteiger partial charge in [-0.3, -0.25) is 14.7 Å². The Morgan fingerprint density at radius 1 is 1.30 bits per heavy atom. The topological polar surface area (TPSA) is 65.0 Å². The number of aliphatic imine (C=N–C) groups is 1. The lowest BCUT2D eigenvalue weighted by Gasteiger charge is -2.28. The third kappa shape index (κ3) is 2.73. The molecule has 1 aliphatic carbocycles. The van der Waals surface area contributed by atoms with Crippen LogP contribution in [0, 0.1) is 18.8 Å². The zero-order valence-corrected chi connectivity index (χ0v) is 16.4. The maximum absolute atomic E-state index is 13.2. The molecule has 0 bridgehead atoms. The molecule has 144 valence electrons. The summed E-state index contributed by atoms with van der Waals surface area (Å²) in [6.45, 7) is 8.03. The van der Waals surface area contributed by atoms with Gasteiger partial charge in [0.05, 0.1) is 0 Å². The van der Waals surface area contributed by atoms with Gasteiger partial charge in [0.2, 0.25) is 0 Å². The van der Waals surface area contributed by atoms with E-state index in [1.54, 1.807) is 0 Å². The van der Waals surface area contributed by atoms with Crippen molar-refractivity contribution in [2.24, 2.45) is 16.8 Å². The molecular weight excluding hydrogens is 340 g/mol. The molecule has 0 unspecified atom stereocenters. The van der Waals surface area contributed by atoms with Gasteiger partial charge in [-0.2, -0.15) is 0 Å². The molecule has 4 rings (SSSR count). The molecule has 27 heavy (non-hydrogen) atoms. The van der Waals surface area contributed by atoms with Gasteiger partial charge in [0.25, 0.3) is 5.91 Å². The fraction of sp³-hybridized carbons (Fsp3) is 0.571. The summed E-state index contributed by atoms with van der Waals surface area (Å²) in [6, 6.07) is 7.72. The van der Waals surface area contributed by atoms with Gasteiger partial charge in [-0.1, -0.05) is 25.1 Å². The number of urea groups is 1. The lowest BCUT2D eigenvalue weighted by atomic mass is 9.85. The second-order valence-corrected chi connectivity index (χ2v) is 7.91. The summed E-state index contributed by atoms with van der Waals surface area (Å²) < 4.78 is 0. The molecule has 6 heteroatoms. The van der Waals surface area contributed by atoms with Crippen molar-refractivity contribution in [3.8, 4) is 0 Å². The van der Waals surface area contributed by atoms with E-state index in [9.17, 15) is 9.59 Å². The first-order chi connectivity index (χ1) is 13.0. The Morgan fingerprint density at radius 3 is 2.74 bits per heavy atom. The Labute approximate surface area is 160 Å². The van der Waals surface area contributed by atoms with E-state index in [-0.39, 0.29) is 17.9 Å².